The molecule has 2 aromatic carbocycles. The van der Waals surface area contributed by atoms with Crippen molar-refractivity contribution < 1.29 is 19.1 Å². The number of esters is 2. The Morgan fingerprint density at radius 3 is 1.62 bits per heavy atom. The van der Waals surface area contributed by atoms with Crippen LogP contribution in [0.2, 0.25) is 0 Å². The summed E-state index contributed by atoms with van der Waals surface area (Å²) in [6.07, 6.45) is 0. The van der Waals surface area contributed by atoms with Gasteiger partial charge in [0.05, 0.1) is 24.5 Å². The van der Waals surface area contributed by atoms with Gasteiger partial charge in [-0.15, -0.1) is 0 Å². The summed E-state index contributed by atoms with van der Waals surface area (Å²) in [7, 11) is 0. The normalized spacial score (nSPS) is 10.1. The standard InChI is InChI=1S/C24H30N4O4/c1-17(2)23(29)31-15-13-28(14-16-32-24(30)18(3)4)22-11-9-21(10-12-22)27-26-20-7-5-19(25)6-8-20/h5-12,26-27H,1,3,13-16,25H2,2,4H3. The summed E-state index contributed by atoms with van der Waals surface area (Å²) in [6, 6.07) is 15.0. The Labute approximate surface area is 188 Å². The van der Waals surface area contributed by atoms with E-state index in [9.17, 15) is 9.59 Å². The topological polar surface area (TPSA) is 106 Å². The van der Waals surface area contributed by atoms with Gasteiger partial charge in [0.1, 0.15) is 13.2 Å². The molecule has 0 aliphatic carbocycles. The average molecular weight is 439 g/mol. The Kier molecular flexibility index (Phi) is 9.16. The van der Waals surface area contributed by atoms with E-state index in [4.69, 9.17) is 15.2 Å². The SMILES string of the molecule is C=C(C)C(=O)OCCN(CCOC(=O)C(=C)C)c1ccc(NNc2ccc(N)cc2)cc1. The molecule has 0 fully saturated rings. The van der Waals surface area contributed by atoms with Crippen LogP contribution in [-0.4, -0.2) is 38.2 Å². The highest BCUT2D eigenvalue weighted by atomic mass is 16.5. The molecule has 32 heavy (non-hydrogen) atoms. The maximum atomic E-state index is 11.6. The highest BCUT2D eigenvalue weighted by Crippen LogP contribution is 2.19. The number of ether oxygens (including phenoxy) is 2. The molecule has 0 spiro atoms. The van der Waals surface area contributed by atoms with Gasteiger partial charge in [0, 0.05) is 22.5 Å². The van der Waals surface area contributed by atoms with E-state index in [1.165, 1.54) is 0 Å². The van der Waals surface area contributed by atoms with E-state index >= 15 is 0 Å². The van der Waals surface area contributed by atoms with Gasteiger partial charge in [-0.05, 0) is 62.4 Å². The van der Waals surface area contributed by atoms with Gasteiger partial charge in [0.25, 0.3) is 0 Å². The molecular formula is C24H30N4O4. The van der Waals surface area contributed by atoms with E-state index in [1.54, 1.807) is 13.8 Å². The first kappa shape index (κ1) is 24.3. The fourth-order valence-corrected chi connectivity index (χ4v) is 2.58. The first-order chi connectivity index (χ1) is 15.3. The highest BCUT2D eigenvalue weighted by molar-refractivity contribution is 5.87. The summed E-state index contributed by atoms with van der Waals surface area (Å²) >= 11 is 0. The van der Waals surface area contributed by atoms with Crippen LogP contribution >= 0.6 is 0 Å². The van der Waals surface area contributed by atoms with Crippen molar-refractivity contribution in [3.8, 4) is 0 Å². The minimum atomic E-state index is -0.438. The Morgan fingerprint density at radius 1 is 0.812 bits per heavy atom. The predicted octanol–water partition coefficient (Wildman–Crippen LogP) is 3.75. The first-order valence-electron chi connectivity index (χ1n) is 10.1. The monoisotopic (exact) mass is 438 g/mol. The van der Waals surface area contributed by atoms with Crippen molar-refractivity contribution in [1.82, 2.24) is 0 Å². The fourth-order valence-electron chi connectivity index (χ4n) is 2.58. The third-order valence-electron chi connectivity index (χ3n) is 4.38. The predicted molar refractivity (Wildman–Crippen MR) is 128 cm³/mol. The van der Waals surface area contributed by atoms with Gasteiger partial charge in [-0.1, -0.05) is 13.2 Å². The molecular weight excluding hydrogens is 408 g/mol. The quantitative estimate of drug-likeness (QED) is 0.199. The van der Waals surface area contributed by atoms with Gasteiger partial charge in [-0.2, -0.15) is 0 Å². The number of hydrazine groups is 1. The molecule has 0 unspecified atom stereocenters. The zero-order chi connectivity index (χ0) is 23.5. The van der Waals surface area contributed by atoms with Gasteiger partial charge in [-0.25, -0.2) is 9.59 Å². The number of carbonyl (C=O) groups excluding carboxylic acids is 2. The third kappa shape index (κ3) is 8.06. The number of anilines is 4. The fraction of sp³-hybridized carbons (Fsp3) is 0.250. The molecule has 170 valence electrons. The Hall–Kier alpha value is -3.94. The maximum Gasteiger partial charge on any atom is 0.333 e. The lowest BCUT2D eigenvalue weighted by atomic mass is 10.2. The van der Waals surface area contributed by atoms with E-state index in [0.29, 0.717) is 29.9 Å². The first-order valence-corrected chi connectivity index (χ1v) is 10.1. The Morgan fingerprint density at radius 2 is 1.22 bits per heavy atom. The van der Waals surface area contributed by atoms with Crippen LogP contribution in [0.25, 0.3) is 0 Å². The van der Waals surface area contributed by atoms with Gasteiger partial charge < -0.3 is 31.0 Å². The number of carbonyl (C=O) groups is 2. The molecule has 0 aliphatic rings. The average Bonchev–Trinajstić information content (AvgIpc) is 2.77. The zero-order valence-electron chi connectivity index (χ0n) is 18.5. The van der Waals surface area contributed by atoms with E-state index in [0.717, 1.165) is 17.1 Å². The second kappa shape index (κ2) is 12.0. The summed E-state index contributed by atoms with van der Waals surface area (Å²) in [5, 5.41) is 0. The second-order valence-corrected chi connectivity index (χ2v) is 7.24. The van der Waals surface area contributed by atoms with Crippen LogP contribution in [0.5, 0.6) is 0 Å². The number of nitrogens with two attached hydrogens (primary N) is 1. The number of benzene rings is 2. The molecule has 0 aliphatic heterocycles. The van der Waals surface area contributed by atoms with Crippen LogP contribution < -0.4 is 21.5 Å². The van der Waals surface area contributed by atoms with E-state index in [-0.39, 0.29) is 13.2 Å². The Bertz CT molecular complexity index is 907. The van der Waals surface area contributed by atoms with Gasteiger partial charge in [0.2, 0.25) is 0 Å². The number of nitrogen functional groups attached to an aromatic ring is 1. The Balaban J connectivity index is 1.97. The maximum absolute atomic E-state index is 11.6. The van der Waals surface area contributed by atoms with Crippen molar-refractivity contribution in [3.63, 3.8) is 0 Å². The van der Waals surface area contributed by atoms with Crippen molar-refractivity contribution >= 4 is 34.7 Å². The summed E-state index contributed by atoms with van der Waals surface area (Å²) in [5.41, 5.74) is 15.9. The van der Waals surface area contributed by atoms with Gasteiger partial charge in [-0.3, -0.25) is 0 Å². The zero-order valence-corrected chi connectivity index (χ0v) is 18.5. The van der Waals surface area contributed by atoms with Crippen LogP contribution in [0.15, 0.2) is 72.8 Å². The smallest absolute Gasteiger partial charge is 0.333 e. The van der Waals surface area contributed by atoms with Crippen LogP contribution in [0.4, 0.5) is 22.7 Å². The number of hydrogen-bond donors (Lipinski definition) is 3. The van der Waals surface area contributed by atoms with Crippen molar-refractivity contribution in [1.29, 1.82) is 0 Å². The van der Waals surface area contributed by atoms with E-state index < -0.39 is 11.9 Å². The van der Waals surface area contributed by atoms with Crippen molar-refractivity contribution in [2.24, 2.45) is 0 Å². The van der Waals surface area contributed by atoms with Crippen LogP contribution in [0, 0.1) is 0 Å². The minimum Gasteiger partial charge on any atom is -0.460 e. The minimum absolute atomic E-state index is 0.179. The largest absolute Gasteiger partial charge is 0.460 e. The lowest BCUT2D eigenvalue weighted by Gasteiger charge is -2.25. The van der Waals surface area contributed by atoms with Crippen LogP contribution in [0.1, 0.15) is 13.8 Å². The molecule has 0 amide bonds. The van der Waals surface area contributed by atoms with Gasteiger partial charge in [0.15, 0.2) is 0 Å². The molecule has 0 saturated carbocycles. The molecule has 4 N–H and O–H groups in total. The number of nitrogens with zero attached hydrogens (tertiary/aromatic N) is 1. The number of hydrogen-bond acceptors (Lipinski definition) is 8. The summed E-state index contributed by atoms with van der Waals surface area (Å²) in [5.74, 6) is -0.876. The molecule has 2 aromatic rings. The summed E-state index contributed by atoms with van der Waals surface area (Å²) in [6.45, 7) is 11.6. The van der Waals surface area contributed by atoms with Gasteiger partial charge >= 0.3 is 11.9 Å². The molecule has 0 radical (unpaired) electrons. The molecule has 2 rings (SSSR count). The van der Waals surface area contributed by atoms with E-state index in [1.807, 2.05) is 53.4 Å². The third-order valence-corrected chi connectivity index (χ3v) is 4.38. The molecule has 8 heteroatoms. The summed E-state index contributed by atoms with van der Waals surface area (Å²) in [4.78, 5) is 25.3. The molecule has 0 atom stereocenters. The lowest BCUT2D eigenvalue weighted by molar-refractivity contribution is -0.139. The lowest BCUT2D eigenvalue weighted by Crippen LogP contribution is -2.32. The van der Waals surface area contributed by atoms with Crippen LogP contribution in [0.3, 0.4) is 0 Å². The number of rotatable bonds is 12. The molecule has 0 aromatic heterocycles. The second-order valence-electron chi connectivity index (χ2n) is 7.24. The van der Waals surface area contributed by atoms with E-state index in [2.05, 4.69) is 24.0 Å². The molecule has 0 heterocycles. The molecule has 0 bridgehead atoms. The van der Waals surface area contributed by atoms with Crippen molar-refractivity contribution in [2.45, 2.75) is 13.8 Å². The van der Waals surface area contributed by atoms with Crippen LogP contribution in [-0.2, 0) is 19.1 Å². The molecule has 8 nitrogen and oxygen atoms in total. The highest BCUT2D eigenvalue weighted by Gasteiger charge is 2.11. The number of nitrogens with one attached hydrogen (secondary N) is 2. The van der Waals surface area contributed by atoms with Crippen molar-refractivity contribution in [3.05, 3.63) is 72.8 Å². The van der Waals surface area contributed by atoms with Crippen molar-refractivity contribution in [2.75, 3.05) is 47.8 Å². The summed E-state index contributed by atoms with van der Waals surface area (Å²) < 4.78 is 10.4. The molecule has 0 saturated heterocycles.